The number of nitrogens with one attached hydrogen (secondary N) is 1. The lowest BCUT2D eigenvalue weighted by atomic mass is 10.0. The highest BCUT2D eigenvalue weighted by Gasteiger charge is 2.29. The largest absolute Gasteiger partial charge is 0.369 e. The Morgan fingerprint density at radius 3 is 2.54 bits per heavy atom. The summed E-state index contributed by atoms with van der Waals surface area (Å²) in [7, 11) is 1.81. The van der Waals surface area contributed by atoms with Crippen molar-refractivity contribution in [3.8, 4) is 0 Å². The van der Waals surface area contributed by atoms with E-state index >= 15 is 0 Å². The van der Waals surface area contributed by atoms with Gasteiger partial charge in [0.1, 0.15) is 5.82 Å². The quantitative estimate of drug-likeness (QED) is 0.897. The number of halogens is 1. The van der Waals surface area contributed by atoms with Gasteiger partial charge in [0.05, 0.1) is 6.54 Å². The smallest absolute Gasteiger partial charge is 0.236 e. The fourth-order valence-corrected chi connectivity index (χ4v) is 3.74. The zero-order chi connectivity index (χ0) is 16.9. The van der Waals surface area contributed by atoms with Crippen LogP contribution in [0.3, 0.4) is 0 Å². The van der Waals surface area contributed by atoms with Crippen LogP contribution in [0.5, 0.6) is 0 Å². The molecule has 0 spiro atoms. The van der Waals surface area contributed by atoms with E-state index in [4.69, 9.17) is 0 Å². The average molecular weight is 334 g/mol. The van der Waals surface area contributed by atoms with Crippen LogP contribution in [0.2, 0.25) is 0 Å². The van der Waals surface area contributed by atoms with Gasteiger partial charge < -0.3 is 15.1 Å². The predicted octanol–water partition coefficient (Wildman–Crippen LogP) is 1.16. The number of likely N-dealkylation sites (N-methyl/N-ethyl adjacent to an activating group) is 1. The molecule has 1 atom stereocenters. The number of benzene rings is 1. The van der Waals surface area contributed by atoms with Gasteiger partial charge >= 0.3 is 0 Å². The number of hydrogen-bond acceptors (Lipinski definition) is 4. The van der Waals surface area contributed by atoms with E-state index in [2.05, 4.69) is 15.1 Å². The Hall–Kier alpha value is -1.66. The number of hydrogen-bond donors (Lipinski definition) is 1. The van der Waals surface area contributed by atoms with Crippen molar-refractivity contribution in [3.63, 3.8) is 0 Å². The molecule has 1 aromatic carbocycles. The van der Waals surface area contributed by atoms with Gasteiger partial charge in [-0.3, -0.25) is 9.69 Å². The normalized spacial score (nSPS) is 22.7. The topological polar surface area (TPSA) is 38.8 Å². The molecular weight excluding hydrogens is 307 g/mol. The van der Waals surface area contributed by atoms with Gasteiger partial charge in [-0.05, 0) is 44.2 Å². The monoisotopic (exact) mass is 334 g/mol. The van der Waals surface area contributed by atoms with E-state index in [0.717, 1.165) is 51.4 Å². The van der Waals surface area contributed by atoms with Crippen molar-refractivity contribution in [2.45, 2.75) is 18.9 Å². The molecule has 1 amide bonds. The highest BCUT2D eigenvalue weighted by Crippen LogP contribution is 2.21. The molecule has 0 aliphatic carbocycles. The summed E-state index contributed by atoms with van der Waals surface area (Å²) in [4.78, 5) is 18.9. The van der Waals surface area contributed by atoms with Crippen molar-refractivity contribution >= 4 is 11.6 Å². The first kappa shape index (κ1) is 17.2. The zero-order valence-corrected chi connectivity index (χ0v) is 14.4. The molecule has 2 aliphatic rings. The molecule has 24 heavy (non-hydrogen) atoms. The number of rotatable bonds is 4. The van der Waals surface area contributed by atoms with Crippen LogP contribution in [0.15, 0.2) is 24.3 Å². The number of carbonyl (C=O) groups excluding carboxylic acids is 1. The van der Waals surface area contributed by atoms with Gasteiger partial charge in [0, 0.05) is 51.0 Å². The van der Waals surface area contributed by atoms with E-state index in [1.54, 1.807) is 0 Å². The Bertz CT molecular complexity index is 542. The van der Waals surface area contributed by atoms with E-state index in [1.807, 2.05) is 24.1 Å². The van der Waals surface area contributed by atoms with Gasteiger partial charge in [0.2, 0.25) is 5.91 Å². The van der Waals surface area contributed by atoms with E-state index in [1.165, 1.54) is 18.6 Å². The van der Waals surface area contributed by atoms with Crippen LogP contribution >= 0.6 is 0 Å². The maximum Gasteiger partial charge on any atom is 0.236 e. The van der Waals surface area contributed by atoms with Crippen molar-refractivity contribution in [2.75, 3.05) is 57.8 Å². The van der Waals surface area contributed by atoms with Crippen LogP contribution in [0, 0.1) is 5.82 Å². The molecule has 0 unspecified atom stereocenters. The minimum Gasteiger partial charge on any atom is -0.369 e. The van der Waals surface area contributed by atoms with Crippen molar-refractivity contribution in [1.29, 1.82) is 0 Å². The SMILES string of the molecule is CNCC(=O)N1CCC[C@H](N2CCN(c3ccc(F)cc3)CC2)C1. The molecule has 1 N–H and O–H groups in total. The van der Waals surface area contributed by atoms with E-state index in [9.17, 15) is 9.18 Å². The molecule has 132 valence electrons. The Morgan fingerprint density at radius 2 is 1.88 bits per heavy atom. The second-order valence-corrected chi connectivity index (χ2v) is 6.67. The van der Waals surface area contributed by atoms with E-state index in [-0.39, 0.29) is 11.7 Å². The number of piperazine rings is 1. The van der Waals surface area contributed by atoms with E-state index < -0.39 is 0 Å². The number of carbonyl (C=O) groups is 1. The number of likely N-dealkylation sites (tertiary alicyclic amines) is 1. The lowest BCUT2D eigenvalue weighted by Gasteiger charge is -2.44. The minimum absolute atomic E-state index is 0.189. The first-order valence-electron chi connectivity index (χ1n) is 8.84. The van der Waals surface area contributed by atoms with Crippen molar-refractivity contribution in [3.05, 3.63) is 30.1 Å². The third kappa shape index (κ3) is 4.05. The molecule has 3 rings (SSSR count). The van der Waals surface area contributed by atoms with Crippen molar-refractivity contribution < 1.29 is 9.18 Å². The average Bonchev–Trinajstić information content (AvgIpc) is 2.63. The van der Waals surface area contributed by atoms with E-state index in [0.29, 0.717) is 12.6 Å². The van der Waals surface area contributed by atoms with Crippen molar-refractivity contribution in [2.24, 2.45) is 0 Å². The van der Waals surface area contributed by atoms with Crippen LogP contribution in [0.25, 0.3) is 0 Å². The van der Waals surface area contributed by atoms with Gasteiger partial charge in [-0.2, -0.15) is 0 Å². The van der Waals surface area contributed by atoms with Crippen LogP contribution < -0.4 is 10.2 Å². The van der Waals surface area contributed by atoms with Gasteiger partial charge in [-0.25, -0.2) is 4.39 Å². The summed E-state index contributed by atoms with van der Waals surface area (Å²) >= 11 is 0. The van der Waals surface area contributed by atoms with Crippen LogP contribution in [0.1, 0.15) is 12.8 Å². The maximum absolute atomic E-state index is 13.1. The molecule has 2 fully saturated rings. The molecule has 2 aliphatic heterocycles. The fourth-order valence-electron chi connectivity index (χ4n) is 3.74. The van der Waals surface area contributed by atoms with Crippen molar-refractivity contribution in [1.82, 2.24) is 15.1 Å². The molecule has 2 saturated heterocycles. The van der Waals surface area contributed by atoms with Gasteiger partial charge in [0.25, 0.3) is 0 Å². The highest BCUT2D eigenvalue weighted by atomic mass is 19.1. The molecule has 0 aromatic heterocycles. The van der Waals surface area contributed by atoms with Crippen LogP contribution in [-0.4, -0.2) is 74.6 Å². The molecule has 0 radical (unpaired) electrons. The van der Waals surface area contributed by atoms with Crippen LogP contribution in [0.4, 0.5) is 10.1 Å². The Labute approximate surface area is 143 Å². The summed E-state index contributed by atoms with van der Waals surface area (Å²) in [5.74, 6) is 0.0121. The summed E-state index contributed by atoms with van der Waals surface area (Å²) < 4.78 is 13.1. The Kier molecular flexibility index (Phi) is 5.68. The lowest BCUT2D eigenvalue weighted by Crippen LogP contribution is -2.56. The molecule has 2 heterocycles. The molecule has 6 heteroatoms. The summed E-state index contributed by atoms with van der Waals surface area (Å²) in [6.07, 6.45) is 2.25. The van der Waals surface area contributed by atoms with Gasteiger partial charge in [-0.15, -0.1) is 0 Å². The summed E-state index contributed by atoms with van der Waals surface area (Å²) in [5.41, 5.74) is 1.09. The van der Waals surface area contributed by atoms with Gasteiger partial charge in [-0.1, -0.05) is 0 Å². The fraction of sp³-hybridized carbons (Fsp3) is 0.611. The Balaban J connectivity index is 1.52. The standard InChI is InChI=1S/C18H27FN4O/c1-20-13-18(24)23-8-2-3-17(14-23)22-11-9-21(10-12-22)16-6-4-15(19)5-7-16/h4-7,17,20H,2-3,8-14H2,1H3/t17-/m0/s1. The lowest BCUT2D eigenvalue weighted by molar-refractivity contribution is -0.132. The molecule has 0 bridgehead atoms. The minimum atomic E-state index is -0.189. The first-order chi connectivity index (χ1) is 11.7. The Morgan fingerprint density at radius 1 is 1.17 bits per heavy atom. The number of piperidine rings is 1. The summed E-state index contributed by atoms with van der Waals surface area (Å²) in [5, 5.41) is 2.95. The summed E-state index contributed by atoms with van der Waals surface area (Å²) in [6.45, 7) is 6.04. The molecule has 5 nitrogen and oxygen atoms in total. The highest BCUT2D eigenvalue weighted by molar-refractivity contribution is 5.78. The van der Waals surface area contributed by atoms with Crippen LogP contribution in [-0.2, 0) is 4.79 Å². The maximum atomic E-state index is 13.1. The predicted molar refractivity (Wildman–Crippen MR) is 93.7 cm³/mol. The molecular formula is C18H27FN4O. The third-order valence-electron chi connectivity index (χ3n) is 5.10. The first-order valence-corrected chi connectivity index (χ1v) is 8.84. The number of nitrogens with zero attached hydrogens (tertiary/aromatic N) is 3. The second-order valence-electron chi connectivity index (χ2n) is 6.67. The molecule has 0 saturated carbocycles. The third-order valence-corrected chi connectivity index (χ3v) is 5.10. The number of amides is 1. The second kappa shape index (κ2) is 7.94. The molecule has 1 aromatic rings. The van der Waals surface area contributed by atoms with Gasteiger partial charge in [0.15, 0.2) is 0 Å². The number of anilines is 1. The summed E-state index contributed by atoms with van der Waals surface area (Å²) in [6, 6.07) is 7.21. The zero-order valence-electron chi connectivity index (χ0n) is 14.4.